The monoisotopic (exact) mass is 433 g/mol. The van der Waals surface area contributed by atoms with Crippen LogP contribution in [-0.2, 0) is 20.8 Å². The first-order chi connectivity index (χ1) is 13.1. The van der Waals surface area contributed by atoms with Crippen molar-refractivity contribution in [3.63, 3.8) is 0 Å². The molecule has 1 heterocycles. The van der Waals surface area contributed by atoms with Crippen LogP contribution in [0.4, 0.5) is 0 Å². The Morgan fingerprint density at radius 1 is 1.22 bits per heavy atom. The summed E-state index contributed by atoms with van der Waals surface area (Å²) in [6, 6.07) is 17.7. The molecule has 0 saturated carbocycles. The van der Waals surface area contributed by atoms with E-state index in [9.17, 15) is 4.79 Å². The largest absolute Gasteiger partial charge is 0.479 e. The molecule has 2 aromatic carbocycles. The van der Waals surface area contributed by atoms with Crippen molar-refractivity contribution in [3.8, 4) is 5.75 Å². The molecule has 0 aromatic heterocycles. The molecule has 0 radical (unpaired) electrons. The zero-order chi connectivity index (χ0) is 19.1. The second-order valence-corrected chi connectivity index (χ2v) is 7.47. The van der Waals surface area contributed by atoms with Gasteiger partial charge in [0.05, 0.1) is 6.61 Å². The number of nitrogens with zero attached hydrogens (tertiary/aromatic N) is 1. The SMILES string of the molecule is CC(Oc1ccc(Br)cc1)C(=O)OCC1CN(Cc2ccccc2)CCO1. The number of hydrogen-bond donors (Lipinski definition) is 0. The first-order valence-electron chi connectivity index (χ1n) is 9.07. The summed E-state index contributed by atoms with van der Waals surface area (Å²) in [6.45, 7) is 5.05. The molecule has 2 unspecified atom stereocenters. The summed E-state index contributed by atoms with van der Waals surface area (Å²) in [5, 5.41) is 0. The molecule has 5 nitrogen and oxygen atoms in total. The lowest BCUT2D eigenvalue weighted by molar-refractivity contribution is -0.157. The first-order valence-corrected chi connectivity index (χ1v) is 9.86. The Morgan fingerprint density at radius 3 is 2.70 bits per heavy atom. The topological polar surface area (TPSA) is 48.0 Å². The molecule has 144 valence electrons. The number of rotatable bonds is 7. The van der Waals surface area contributed by atoms with Crippen molar-refractivity contribution in [2.75, 3.05) is 26.3 Å². The third kappa shape index (κ3) is 6.34. The van der Waals surface area contributed by atoms with E-state index in [0.717, 1.165) is 24.1 Å². The molecule has 1 aliphatic rings. The maximum absolute atomic E-state index is 12.2. The average molecular weight is 434 g/mol. The highest BCUT2D eigenvalue weighted by Crippen LogP contribution is 2.18. The fourth-order valence-corrected chi connectivity index (χ4v) is 3.19. The van der Waals surface area contributed by atoms with Gasteiger partial charge >= 0.3 is 5.97 Å². The van der Waals surface area contributed by atoms with Gasteiger partial charge in [0.2, 0.25) is 0 Å². The molecule has 0 spiro atoms. The van der Waals surface area contributed by atoms with Crippen molar-refractivity contribution in [3.05, 3.63) is 64.6 Å². The molecule has 0 amide bonds. The van der Waals surface area contributed by atoms with Crippen molar-refractivity contribution >= 4 is 21.9 Å². The van der Waals surface area contributed by atoms with Crippen molar-refractivity contribution in [2.24, 2.45) is 0 Å². The molecule has 0 N–H and O–H groups in total. The van der Waals surface area contributed by atoms with Gasteiger partial charge in [0.25, 0.3) is 0 Å². The number of carbonyl (C=O) groups excluding carboxylic acids is 1. The molecule has 1 aliphatic heterocycles. The van der Waals surface area contributed by atoms with Crippen molar-refractivity contribution in [2.45, 2.75) is 25.7 Å². The Labute approximate surface area is 168 Å². The minimum Gasteiger partial charge on any atom is -0.479 e. The Balaban J connectivity index is 1.43. The molecule has 2 atom stereocenters. The van der Waals surface area contributed by atoms with Gasteiger partial charge in [0, 0.05) is 24.1 Å². The highest BCUT2D eigenvalue weighted by molar-refractivity contribution is 9.10. The Bertz CT molecular complexity index is 723. The van der Waals surface area contributed by atoms with Crippen molar-refractivity contribution in [1.82, 2.24) is 4.90 Å². The number of ether oxygens (including phenoxy) is 3. The van der Waals surface area contributed by atoms with E-state index in [2.05, 4.69) is 33.0 Å². The fourth-order valence-electron chi connectivity index (χ4n) is 2.92. The van der Waals surface area contributed by atoms with Crippen molar-refractivity contribution in [1.29, 1.82) is 0 Å². The summed E-state index contributed by atoms with van der Waals surface area (Å²) in [4.78, 5) is 14.5. The van der Waals surface area contributed by atoms with E-state index in [4.69, 9.17) is 14.2 Å². The lowest BCUT2D eigenvalue weighted by Gasteiger charge is -2.32. The average Bonchev–Trinajstić information content (AvgIpc) is 2.69. The number of hydrogen-bond acceptors (Lipinski definition) is 5. The maximum Gasteiger partial charge on any atom is 0.347 e. The van der Waals surface area contributed by atoms with Crippen LogP contribution in [0.5, 0.6) is 5.75 Å². The van der Waals surface area contributed by atoms with Crippen LogP contribution in [0, 0.1) is 0 Å². The summed E-state index contributed by atoms with van der Waals surface area (Å²) in [5.41, 5.74) is 1.27. The predicted octanol–water partition coefficient (Wildman–Crippen LogP) is 3.66. The van der Waals surface area contributed by atoms with Crippen LogP contribution >= 0.6 is 15.9 Å². The molecule has 1 saturated heterocycles. The molecule has 1 fully saturated rings. The van der Waals surface area contributed by atoms with E-state index < -0.39 is 6.10 Å². The molecule has 3 rings (SSSR count). The summed E-state index contributed by atoms with van der Waals surface area (Å²) in [6.07, 6.45) is -0.790. The van der Waals surface area contributed by atoms with Gasteiger partial charge in [0.1, 0.15) is 18.5 Å². The number of benzene rings is 2. The third-order valence-corrected chi connectivity index (χ3v) is 4.87. The second kappa shape index (κ2) is 9.88. The van der Waals surface area contributed by atoms with E-state index in [0.29, 0.717) is 12.4 Å². The van der Waals surface area contributed by atoms with Crippen LogP contribution in [0.15, 0.2) is 59.1 Å². The third-order valence-electron chi connectivity index (χ3n) is 4.34. The number of morpholine rings is 1. The lowest BCUT2D eigenvalue weighted by atomic mass is 10.2. The first kappa shape index (κ1) is 19.9. The molecular formula is C21H24BrNO4. The summed E-state index contributed by atoms with van der Waals surface area (Å²) < 4.78 is 17.7. The van der Waals surface area contributed by atoms with Crippen LogP contribution in [0.3, 0.4) is 0 Å². The van der Waals surface area contributed by atoms with E-state index in [-0.39, 0.29) is 18.7 Å². The quantitative estimate of drug-likeness (QED) is 0.623. The summed E-state index contributed by atoms with van der Waals surface area (Å²) >= 11 is 3.37. The van der Waals surface area contributed by atoms with Crippen LogP contribution in [-0.4, -0.2) is 49.4 Å². The molecular weight excluding hydrogens is 410 g/mol. The van der Waals surface area contributed by atoms with E-state index in [1.54, 1.807) is 19.1 Å². The van der Waals surface area contributed by atoms with E-state index >= 15 is 0 Å². The van der Waals surface area contributed by atoms with Crippen molar-refractivity contribution < 1.29 is 19.0 Å². The smallest absolute Gasteiger partial charge is 0.347 e. The highest BCUT2D eigenvalue weighted by Gasteiger charge is 2.24. The van der Waals surface area contributed by atoms with E-state index in [1.807, 2.05) is 30.3 Å². The van der Waals surface area contributed by atoms with Gasteiger partial charge in [0.15, 0.2) is 6.10 Å². The Morgan fingerprint density at radius 2 is 1.96 bits per heavy atom. The molecule has 2 aromatic rings. The van der Waals surface area contributed by atoms with Gasteiger partial charge in [-0.15, -0.1) is 0 Å². The molecule has 6 heteroatoms. The minimum atomic E-state index is -0.671. The molecule has 0 aliphatic carbocycles. The fraction of sp³-hybridized carbons (Fsp3) is 0.381. The normalized spacial score (nSPS) is 18.7. The van der Waals surface area contributed by atoms with Gasteiger partial charge in [-0.1, -0.05) is 46.3 Å². The zero-order valence-electron chi connectivity index (χ0n) is 15.3. The lowest BCUT2D eigenvalue weighted by Crippen LogP contribution is -2.44. The highest BCUT2D eigenvalue weighted by atomic mass is 79.9. The summed E-state index contributed by atoms with van der Waals surface area (Å²) in [7, 11) is 0. The number of carbonyl (C=O) groups is 1. The minimum absolute atomic E-state index is 0.119. The maximum atomic E-state index is 12.2. The standard InChI is InChI=1S/C21H24BrNO4/c1-16(27-19-9-7-18(22)8-10-19)21(24)26-15-20-14-23(11-12-25-20)13-17-5-3-2-4-6-17/h2-10,16,20H,11-15H2,1H3. The van der Waals surface area contributed by atoms with Gasteiger partial charge in [-0.25, -0.2) is 4.79 Å². The molecule has 27 heavy (non-hydrogen) atoms. The van der Waals surface area contributed by atoms with Crippen LogP contribution in [0.25, 0.3) is 0 Å². The zero-order valence-corrected chi connectivity index (χ0v) is 16.9. The van der Waals surface area contributed by atoms with Crippen LogP contribution in [0.1, 0.15) is 12.5 Å². The van der Waals surface area contributed by atoms with Gasteiger partial charge in [-0.2, -0.15) is 0 Å². The Kier molecular flexibility index (Phi) is 7.26. The number of esters is 1. The number of halogens is 1. The predicted molar refractivity (Wildman–Crippen MR) is 107 cm³/mol. The van der Waals surface area contributed by atoms with Crippen LogP contribution < -0.4 is 4.74 Å². The van der Waals surface area contributed by atoms with Gasteiger partial charge < -0.3 is 14.2 Å². The second-order valence-electron chi connectivity index (χ2n) is 6.56. The Hall–Kier alpha value is -1.89. The van der Waals surface area contributed by atoms with E-state index in [1.165, 1.54) is 5.56 Å². The van der Waals surface area contributed by atoms with Gasteiger partial charge in [-0.3, -0.25) is 4.90 Å². The van der Waals surface area contributed by atoms with Crippen LogP contribution in [0.2, 0.25) is 0 Å². The van der Waals surface area contributed by atoms with Gasteiger partial charge in [-0.05, 0) is 36.8 Å². The summed E-state index contributed by atoms with van der Waals surface area (Å²) in [5.74, 6) is 0.243. The molecule has 0 bridgehead atoms.